The van der Waals surface area contributed by atoms with E-state index in [9.17, 15) is 0 Å². The van der Waals surface area contributed by atoms with Crippen LogP contribution in [-0.2, 0) is 19.4 Å². The molecule has 0 aliphatic rings. The van der Waals surface area contributed by atoms with Crippen LogP contribution >= 0.6 is 34.7 Å². The Bertz CT molecular complexity index is 739. The second kappa shape index (κ2) is 7.17. The normalized spacial score (nSPS) is 10.8. The van der Waals surface area contributed by atoms with E-state index in [1.54, 1.807) is 29.3 Å². The van der Waals surface area contributed by atoms with E-state index < -0.39 is 0 Å². The molecule has 22 heavy (non-hydrogen) atoms. The SMILES string of the molecule is Cn1ccnc1SCc1csc(COc2ccc(Cl)cc2)n1. The van der Waals surface area contributed by atoms with Crippen LogP contribution in [0.5, 0.6) is 5.75 Å². The van der Waals surface area contributed by atoms with Crippen LogP contribution in [0.25, 0.3) is 0 Å². The van der Waals surface area contributed by atoms with Gasteiger partial charge in [-0.1, -0.05) is 23.4 Å². The Balaban J connectivity index is 1.52. The summed E-state index contributed by atoms with van der Waals surface area (Å²) in [6.45, 7) is 0.472. The molecule has 3 aromatic rings. The van der Waals surface area contributed by atoms with Gasteiger partial charge in [0, 0.05) is 35.6 Å². The van der Waals surface area contributed by atoms with E-state index >= 15 is 0 Å². The molecule has 4 nitrogen and oxygen atoms in total. The molecule has 0 saturated carbocycles. The van der Waals surface area contributed by atoms with E-state index in [-0.39, 0.29) is 0 Å². The molecule has 0 spiro atoms. The molecule has 0 saturated heterocycles. The lowest BCUT2D eigenvalue weighted by Crippen LogP contribution is -1.95. The number of hydrogen-bond acceptors (Lipinski definition) is 5. The lowest BCUT2D eigenvalue weighted by Gasteiger charge is -2.03. The molecule has 0 fully saturated rings. The topological polar surface area (TPSA) is 39.9 Å². The van der Waals surface area contributed by atoms with E-state index in [0.29, 0.717) is 11.6 Å². The fourth-order valence-electron chi connectivity index (χ4n) is 1.79. The first-order chi connectivity index (χ1) is 10.7. The Morgan fingerprint density at radius 1 is 1.32 bits per heavy atom. The first kappa shape index (κ1) is 15.4. The molecular formula is C15H14ClN3OS2. The van der Waals surface area contributed by atoms with Crippen LogP contribution in [0.1, 0.15) is 10.7 Å². The minimum atomic E-state index is 0.472. The molecule has 0 amide bonds. The number of imidazole rings is 1. The third-order valence-corrected chi connectivity index (χ3v) is 5.12. The number of hydrogen-bond donors (Lipinski definition) is 0. The fraction of sp³-hybridized carbons (Fsp3) is 0.200. The number of thiazole rings is 1. The summed E-state index contributed by atoms with van der Waals surface area (Å²) in [7, 11) is 1.99. The second-order valence-electron chi connectivity index (χ2n) is 4.58. The summed E-state index contributed by atoms with van der Waals surface area (Å²) >= 11 is 9.13. The van der Waals surface area contributed by atoms with E-state index in [1.807, 2.05) is 42.1 Å². The van der Waals surface area contributed by atoms with Crippen LogP contribution in [0.3, 0.4) is 0 Å². The summed E-state index contributed by atoms with van der Waals surface area (Å²) in [4.78, 5) is 8.87. The molecule has 0 atom stereocenters. The average molecular weight is 352 g/mol. The summed E-state index contributed by atoms with van der Waals surface area (Å²) < 4.78 is 7.70. The molecule has 0 radical (unpaired) electrons. The molecule has 114 valence electrons. The van der Waals surface area contributed by atoms with Gasteiger partial charge in [-0.2, -0.15) is 0 Å². The highest BCUT2D eigenvalue weighted by Crippen LogP contribution is 2.23. The zero-order valence-corrected chi connectivity index (χ0v) is 14.3. The van der Waals surface area contributed by atoms with E-state index in [1.165, 1.54) is 0 Å². The van der Waals surface area contributed by atoms with Crippen molar-refractivity contribution in [2.24, 2.45) is 7.05 Å². The molecular weight excluding hydrogens is 338 g/mol. The fourth-order valence-corrected chi connectivity index (χ4v) is 3.55. The monoisotopic (exact) mass is 351 g/mol. The van der Waals surface area contributed by atoms with Crippen molar-refractivity contribution in [2.45, 2.75) is 17.5 Å². The minimum Gasteiger partial charge on any atom is -0.486 e. The number of rotatable bonds is 6. The highest BCUT2D eigenvalue weighted by molar-refractivity contribution is 7.98. The molecule has 2 heterocycles. The molecule has 3 rings (SSSR count). The molecule has 0 aliphatic carbocycles. The zero-order chi connectivity index (χ0) is 15.4. The number of aryl methyl sites for hydroxylation is 1. The summed E-state index contributed by atoms with van der Waals surface area (Å²) in [6, 6.07) is 7.34. The molecule has 0 aliphatic heterocycles. The summed E-state index contributed by atoms with van der Waals surface area (Å²) in [5, 5.41) is 4.73. The standard InChI is InChI=1S/C15H14ClN3OS2/c1-19-7-6-17-15(19)22-10-12-9-21-14(18-12)8-20-13-4-2-11(16)3-5-13/h2-7,9H,8,10H2,1H3. The first-order valence-corrected chi connectivity index (χ1v) is 8.87. The van der Waals surface area contributed by atoms with Crippen molar-refractivity contribution in [1.82, 2.24) is 14.5 Å². The minimum absolute atomic E-state index is 0.472. The van der Waals surface area contributed by atoms with Gasteiger partial charge in [-0.25, -0.2) is 9.97 Å². The summed E-state index contributed by atoms with van der Waals surface area (Å²) in [6.07, 6.45) is 3.74. The van der Waals surface area contributed by atoms with Crippen LogP contribution in [0.4, 0.5) is 0 Å². The number of thioether (sulfide) groups is 1. The Morgan fingerprint density at radius 2 is 2.14 bits per heavy atom. The van der Waals surface area contributed by atoms with Crippen molar-refractivity contribution in [2.75, 3.05) is 0 Å². The average Bonchev–Trinajstić information content (AvgIpc) is 3.13. The van der Waals surface area contributed by atoms with Gasteiger partial charge in [0.25, 0.3) is 0 Å². The maximum absolute atomic E-state index is 5.85. The second-order valence-corrected chi connectivity index (χ2v) is 6.91. The third kappa shape index (κ3) is 4.03. The molecule has 0 bridgehead atoms. The van der Waals surface area contributed by atoms with Gasteiger partial charge in [-0.05, 0) is 24.3 Å². The number of nitrogens with zero attached hydrogens (tertiary/aromatic N) is 3. The predicted octanol–water partition coefficient (Wildman–Crippen LogP) is 4.40. The lowest BCUT2D eigenvalue weighted by atomic mass is 10.3. The van der Waals surface area contributed by atoms with Crippen LogP contribution in [0, 0.1) is 0 Å². The van der Waals surface area contributed by atoms with Gasteiger partial charge in [0.15, 0.2) is 5.16 Å². The molecule has 0 N–H and O–H groups in total. The predicted molar refractivity (Wildman–Crippen MR) is 90.7 cm³/mol. The van der Waals surface area contributed by atoms with Gasteiger partial charge in [0.05, 0.1) is 5.69 Å². The van der Waals surface area contributed by atoms with Crippen molar-refractivity contribution < 1.29 is 4.74 Å². The number of benzene rings is 1. The number of aromatic nitrogens is 3. The lowest BCUT2D eigenvalue weighted by molar-refractivity contribution is 0.305. The van der Waals surface area contributed by atoms with E-state index in [4.69, 9.17) is 16.3 Å². The van der Waals surface area contributed by atoms with Gasteiger partial charge < -0.3 is 9.30 Å². The Kier molecular flexibility index (Phi) is 5.02. The third-order valence-electron chi connectivity index (χ3n) is 2.90. The van der Waals surface area contributed by atoms with Gasteiger partial charge in [-0.15, -0.1) is 11.3 Å². The molecule has 7 heteroatoms. The van der Waals surface area contributed by atoms with Gasteiger partial charge in [0.1, 0.15) is 17.4 Å². The maximum Gasteiger partial charge on any atom is 0.168 e. The van der Waals surface area contributed by atoms with E-state index in [2.05, 4.69) is 15.3 Å². The van der Waals surface area contributed by atoms with Gasteiger partial charge in [0.2, 0.25) is 0 Å². The van der Waals surface area contributed by atoms with Crippen molar-refractivity contribution >= 4 is 34.7 Å². The quantitative estimate of drug-likeness (QED) is 0.617. The Labute approximate surface area is 142 Å². The van der Waals surface area contributed by atoms with Crippen molar-refractivity contribution in [1.29, 1.82) is 0 Å². The van der Waals surface area contributed by atoms with Crippen molar-refractivity contribution in [3.8, 4) is 5.75 Å². The van der Waals surface area contributed by atoms with Crippen LogP contribution < -0.4 is 4.74 Å². The highest BCUT2D eigenvalue weighted by atomic mass is 35.5. The number of ether oxygens (including phenoxy) is 1. The van der Waals surface area contributed by atoms with Crippen LogP contribution in [-0.4, -0.2) is 14.5 Å². The van der Waals surface area contributed by atoms with E-state index in [0.717, 1.165) is 27.4 Å². The van der Waals surface area contributed by atoms with Crippen LogP contribution in [0.15, 0.2) is 47.2 Å². The smallest absolute Gasteiger partial charge is 0.168 e. The maximum atomic E-state index is 5.85. The molecule has 0 unspecified atom stereocenters. The van der Waals surface area contributed by atoms with Crippen molar-refractivity contribution in [3.63, 3.8) is 0 Å². The first-order valence-electron chi connectivity index (χ1n) is 6.62. The Morgan fingerprint density at radius 3 is 2.86 bits per heavy atom. The van der Waals surface area contributed by atoms with Gasteiger partial charge >= 0.3 is 0 Å². The Hall–Kier alpha value is -1.50. The molecule has 2 aromatic heterocycles. The highest BCUT2D eigenvalue weighted by Gasteiger charge is 2.06. The summed E-state index contributed by atoms with van der Waals surface area (Å²) in [5.74, 6) is 1.60. The van der Waals surface area contributed by atoms with Gasteiger partial charge in [-0.3, -0.25) is 0 Å². The zero-order valence-electron chi connectivity index (χ0n) is 11.9. The molecule has 1 aromatic carbocycles. The van der Waals surface area contributed by atoms with Crippen LogP contribution in [0.2, 0.25) is 5.02 Å². The number of halogens is 1. The summed E-state index contributed by atoms with van der Waals surface area (Å²) in [5.41, 5.74) is 1.05. The van der Waals surface area contributed by atoms with Crippen molar-refractivity contribution in [3.05, 3.63) is 57.8 Å². The largest absolute Gasteiger partial charge is 0.486 e.